The molecule has 0 spiro atoms. The van der Waals surface area contributed by atoms with Gasteiger partial charge in [0, 0.05) is 31.1 Å². The van der Waals surface area contributed by atoms with Crippen molar-refractivity contribution in [3.8, 4) is 0 Å². The van der Waals surface area contributed by atoms with Crippen molar-refractivity contribution in [3.63, 3.8) is 0 Å². The highest BCUT2D eigenvalue weighted by atomic mass is 127. The zero-order valence-corrected chi connectivity index (χ0v) is 20.1. The number of aliphatic imine (C=N–C) groups is 1. The summed E-state index contributed by atoms with van der Waals surface area (Å²) in [5, 5.41) is 11.4. The van der Waals surface area contributed by atoms with Crippen LogP contribution in [0.25, 0.3) is 0 Å². The van der Waals surface area contributed by atoms with Crippen molar-refractivity contribution in [2.45, 2.75) is 26.7 Å². The summed E-state index contributed by atoms with van der Waals surface area (Å²) in [6.45, 7) is 6.77. The molecule has 5 nitrogen and oxygen atoms in total. The summed E-state index contributed by atoms with van der Waals surface area (Å²) in [4.78, 5) is 18.0. The van der Waals surface area contributed by atoms with Gasteiger partial charge in [0.15, 0.2) is 5.96 Å². The second-order valence-corrected chi connectivity index (χ2v) is 7.72. The molecule has 0 bridgehead atoms. The summed E-state index contributed by atoms with van der Waals surface area (Å²) in [5.74, 6) is 0.755. The standard InChI is InChI=1S/C21H29FN4OS.HI/c1-3-23-21(26-15-16(2)12-19-8-5-11-28-19)25-10-9-24-20(27)14-17-6-4-7-18(22)13-17;/h4-8,11,13,16H,3,9-10,12,14-15H2,1-2H3,(H,24,27)(H2,23,25,26);1H. The molecule has 2 aromatic rings. The largest absolute Gasteiger partial charge is 0.357 e. The van der Waals surface area contributed by atoms with Crippen LogP contribution in [0.3, 0.4) is 0 Å². The van der Waals surface area contributed by atoms with E-state index in [1.807, 2.05) is 6.92 Å². The van der Waals surface area contributed by atoms with Crippen LogP contribution in [-0.2, 0) is 17.6 Å². The lowest BCUT2D eigenvalue weighted by Crippen LogP contribution is -2.42. The van der Waals surface area contributed by atoms with Crippen LogP contribution in [0.15, 0.2) is 46.8 Å². The van der Waals surface area contributed by atoms with Crippen LogP contribution in [0, 0.1) is 11.7 Å². The highest BCUT2D eigenvalue weighted by Gasteiger charge is 2.06. The number of carbonyl (C=O) groups excluding carboxylic acids is 1. The first kappa shape index (κ1) is 25.4. The number of nitrogens with zero attached hydrogens (tertiary/aromatic N) is 1. The number of halogens is 2. The normalized spacial score (nSPS) is 12.0. The van der Waals surface area contributed by atoms with Gasteiger partial charge in [0.2, 0.25) is 5.91 Å². The lowest BCUT2D eigenvalue weighted by molar-refractivity contribution is -0.120. The van der Waals surface area contributed by atoms with Gasteiger partial charge in [-0.15, -0.1) is 35.3 Å². The number of hydrogen-bond donors (Lipinski definition) is 3. The van der Waals surface area contributed by atoms with Gasteiger partial charge in [-0.25, -0.2) is 4.39 Å². The van der Waals surface area contributed by atoms with Crippen molar-refractivity contribution >= 4 is 47.2 Å². The number of hydrogen-bond acceptors (Lipinski definition) is 3. The summed E-state index contributed by atoms with van der Waals surface area (Å²) in [6.07, 6.45) is 1.20. The van der Waals surface area contributed by atoms with E-state index in [0.29, 0.717) is 24.6 Å². The highest BCUT2D eigenvalue weighted by molar-refractivity contribution is 14.0. The van der Waals surface area contributed by atoms with Gasteiger partial charge in [-0.2, -0.15) is 0 Å². The smallest absolute Gasteiger partial charge is 0.224 e. The van der Waals surface area contributed by atoms with Crippen molar-refractivity contribution in [1.29, 1.82) is 0 Å². The monoisotopic (exact) mass is 532 g/mol. The molecule has 1 amide bonds. The Hall–Kier alpha value is -1.68. The Balaban J connectivity index is 0.00000420. The molecule has 2 rings (SSSR count). The molecule has 1 heterocycles. The van der Waals surface area contributed by atoms with Crippen LogP contribution in [0.5, 0.6) is 0 Å². The molecular formula is C21H30FIN4OS. The minimum Gasteiger partial charge on any atom is -0.357 e. The first-order chi connectivity index (χ1) is 13.6. The zero-order chi connectivity index (χ0) is 20.2. The maximum Gasteiger partial charge on any atom is 0.224 e. The van der Waals surface area contributed by atoms with Gasteiger partial charge in [0.1, 0.15) is 5.82 Å². The molecule has 0 aliphatic rings. The molecule has 1 aromatic heterocycles. The van der Waals surface area contributed by atoms with Crippen molar-refractivity contribution in [2.75, 3.05) is 26.2 Å². The molecule has 0 radical (unpaired) electrons. The predicted octanol–water partition coefficient (Wildman–Crippen LogP) is 3.60. The fraction of sp³-hybridized carbons (Fsp3) is 0.429. The Morgan fingerprint density at radius 3 is 2.66 bits per heavy atom. The number of nitrogens with one attached hydrogen (secondary N) is 3. The minimum atomic E-state index is -0.327. The van der Waals surface area contributed by atoms with E-state index in [-0.39, 0.29) is 42.1 Å². The Bertz CT molecular complexity index is 755. The van der Waals surface area contributed by atoms with Gasteiger partial charge in [-0.3, -0.25) is 9.79 Å². The summed E-state index contributed by atoms with van der Waals surface area (Å²) in [7, 11) is 0. The third-order valence-electron chi connectivity index (χ3n) is 4.03. The maximum absolute atomic E-state index is 13.2. The first-order valence-electron chi connectivity index (χ1n) is 9.62. The van der Waals surface area contributed by atoms with Crippen molar-refractivity contribution in [1.82, 2.24) is 16.0 Å². The number of rotatable bonds is 10. The highest BCUT2D eigenvalue weighted by Crippen LogP contribution is 2.14. The minimum absolute atomic E-state index is 0. The van der Waals surface area contributed by atoms with Gasteiger partial charge < -0.3 is 16.0 Å². The van der Waals surface area contributed by atoms with Gasteiger partial charge in [0.05, 0.1) is 6.42 Å². The average Bonchev–Trinajstić information content (AvgIpc) is 3.16. The Morgan fingerprint density at radius 1 is 1.17 bits per heavy atom. The quantitative estimate of drug-likeness (QED) is 0.190. The average molecular weight is 532 g/mol. The van der Waals surface area contributed by atoms with E-state index < -0.39 is 0 Å². The summed E-state index contributed by atoms with van der Waals surface area (Å²) >= 11 is 1.78. The first-order valence-corrected chi connectivity index (χ1v) is 10.5. The van der Waals surface area contributed by atoms with Crippen LogP contribution in [0.2, 0.25) is 0 Å². The second kappa shape index (κ2) is 14.3. The van der Waals surface area contributed by atoms with Crippen LogP contribution in [0.1, 0.15) is 24.3 Å². The third-order valence-corrected chi connectivity index (χ3v) is 4.93. The fourth-order valence-corrected chi connectivity index (χ4v) is 3.57. The van der Waals surface area contributed by atoms with Gasteiger partial charge in [0.25, 0.3) is 0 Å². The van der Waals surface area contributed by atoms with Crippen LogP contribution in [0.4, 0.5) is 4.39 Å². The molecule has 1 aromatic carbocycles. The number of thiophene rings is 1. The predicted molar refractivity (Wildman–Crippen MR) is 130 cm³/mol. The Morgan fingerprint density at radius 2 is 1.97 bits per heavy atom. The van der Waals surface area contributed by atoms with Crippen molar-refractivity contribution in [2.24, 2.45) is 10.9 Å². The molecule has 0 saturated carbocycles. The summed E-state index contributed by atoms with van der Waals surface area (Å²) in [6, 6.07) is 10.3. The lowest BCUT2D eigenvalue weighted by atomic mass is 10.1. The maximum atomic E-state index is 13.2. The van der Waals surface area contributed by atoms with E-state index >= 15 is 0 Å². The van der Waals surface area contributed by atoms with Crippen LogP contribution in [-0.4, -0.2) is 38.0 Å². The molecule has 1 atom stereocenters. The number of carbonyl (C=O) groups is 1. The molecule has 3 N–H and O–H groups in total. The molecule has 160 valence electrons. The number of amides is 1. The van der Waals surface area contributed by atoms with Gasteiger partial charge in [-0.1, -0.05) is 25.1 Å². The van der Waals surface area contributed by atoms with Crippen molar-refractivity contribution < 1.29 is 9.18 Å². The zero-order valence-electron chi connectivity index (χ0n) is 16.9. The van der Waals surface area contributed by atoms with E-state index in [1.54, 1.807) is 23.5 Å². The van der Waals surface area contributed by atoms with E-state index in [9.17, 15) is 9.18 Å². The molecule has 0 aliphatic carbocycles. The third kappa shape index (κ3) is 10.6. The molecular weight excluding hydrogens is 502 g/mol. The number of benzene rings is 1. The fourth-order valence-electron chi connectivity index (χ4n) is 2.70. The van der Waals surface area contributed by atoms with Gasteiger partial charge >= 0.3 is 0 Å². The molecule has 8 heteroatoms. The number of guanidine groups is 1. The van der Waals surface area contributed by atoms with Crippen LogP contribution >= 0.6 is 35.3 Å². The van der Waals surface area contributed by atoms with E-state index in [0.717, 1.165) is 25.5 Å². The Kier molecular flexibility index (Phi) is 12.5. The summed E-state index contributed by atoms with van der Waals surface area (Å²) in [5.41, 5.74) is 0.667. The van der Waals surface area contributed by atoms with Crippen molar-refractivity contribution in [3.05, 3.63) is 58.0 Å². The Labute approximate surface area is 193 Å². The second-order valence-electron chi connectivity index (χ2n) is 6.69. The lowest BCUT2D eigenvalue weighted by Gasteiger charge is -2.13. The molecule has 29 heavy (non-hydrogen) atoms. The topological polar surface area (TPSA) is 65.5 Å². The van der Waals surface area contributed by atoms with Crippen LogP contribution < -0.4 is 16.0 Å². The molecule has 0 fully saturated rings. The molecule has 0 aliphatic heterocycles. The SMILES string of the molecule is CCNC(=NCC(C)Cc1cccs1)NCCNC(=O)Cc1cccc(F)c1.I. The summed E-state index contributed by atoms with van der Waals surface area (Å²) < 4.78 is 13.2. The van der Waals surface area contributed by atoms with Gasteiger partial charge in [-0.05, 0) is 48.4 Å². The molecule has 1 unspecified atom stereocenters. The van der Waals surface area contributed by atoms with E-state index in [4.69, 9.17) is 0 Å². The van der Waals surface area contributed by atoms with E-state index in [1.165, 1.54) is 17.0 Å². The molecule has 0 saturated heterocycles. The van der Waals surface area contributed by atoms with E-state index in [2.05, 4.69) is 45.4 Å².